The van der Waals surface area contributed by atoms with Gasteiger partial charge in [0, 0.05) is 29.8 Å². The van der Waals surface area contributed by atoms with E-state index in [9.17, 15) is 4.79 Å². The van der Waals surface area contributed by atoms with Crippen molar-refractivity contribution in [1.29, 1.82) is 0 Å². The molecule has 0 unspecified atom stereocenters. The van der Waals surface area contributed by atoms with Gasteiger partial charge in [0.25, 0.3) is 5.91 Å². The van der Waals surface area contributed by atoms with Crippen LogP contribution in [0.15, 0.2) is 91.0 Å². The van der Waals surface area contributed by atoms with Gasteiger partial charge in [0.05, 0.1) is 11.4 Å². The summed E-state index contributed by atoms with van der Waals surface area (Å²) in [6, 6.07) is 30.7. The maximum absolute atomic E-state index is 12.4. The number of aryl methyl sites for hydroxylation is 1. The van der Waals surface area contributed by atoms with Gasteiger partial charge in [-0.25, -0.2) is 4.98 Å². The maximum atomic E-state index is 12.4. The van der Waals surface area contributed by atoms with Crippen molar-refractivity contribution >= 4 is 5.91 Å². The third-order valence-corrected chi connectivity index (χ3v) is 5.57. The fraction of sp³-hybridized carbons (Fsp3) is 0.172. The lowest BCUT2D eigenvalue weighted by atomic mass is 9.99. The number of aromatic nitrogens is 1. The maximum Gasteiger partial charge on any atom is 0.251 e. The second-order valence-electron chi connectivity index (χ2n) is 8.49. The zero-order chi connectivity index (χ0) is 23.2. The highest BCUT2D eigenvalue weighted by atomic mass is 16.1. The molecule has 0 aliphatic carbocycles. The van der Waals surface area contributed by atoms with Gasteiger partial charge in [0.1, 0.15) is 0 Å². The summed E-state index contributed by atoms with van der Waals surface area (Å²) in [5.74, 6) is -0.0604. The van der Waals surface area contributed by atoms with Gasteiger partial charge in [0.15, 0.2) is 0 Å². The van der Waals surface area contributed by atoms with Crippen LogP contribution in [0.2, 0.25) is 0 Å². The van der Waals surface area contributed by atoms with E-state index in [4.69, 9.17) is 4.98 Å². The van der Waals surface area contributed by atoms with E-state index in [-0.39, 0.29) is 5.91 Å². The lowest BCUT2D eigenvalue weighted by Gasteiger charge is -2.12. The van der Waals surface area contributed by atoms with Crippen molar-refractivity contribution in [3.8, 4) is 33.6 Å². The second kappa shape index (κ2) is 10.2. The molecule has 0 fully saturated rings. The first kappa shape index (κ1) is 22.4. The minimum atomic E-state index is -0.0604. The Kier molecular flexibility index (Phi) is 6.96. The van der Waals surface area contributed by atoms with Crippen molar-refractivity contribution in [2.45, 2.75) is 6.92 Å². The standard InChI is InChI=1S/C29H29N3O/c1-21-9-11-22(12-10-21)26-19-27(23-7-5-4-6-8-23)31-28(20-26)24-13-15-25(16-14-24)29(33)30-17-18-32(2)3/h4-16,19-20H,17-18H2,1-3H3,(H,30,33). The number of likely N-dealkylation sites (N-methyl/N-ethyl adjacent to an activating group) is 1. The molecule has 0 saturated carbocycles. The molecule has 0 aliphatic rings. The molecule has 33 heavy (non-hydrogen) atoms. The zero-order valence-corrected chi connectivity index (χ0v) is 19.4. The Balaban J connectivity index is 1.67. The Morgan fingerprint density at radius 1 is 0.758 bits per heavy atom. The average molecular weight is 436 g/mol. The van der Waals surface area contributed by atoms with Gasteiger partial charge in [-0.05, 0) is 56.4 Å². The van der Waals surface area contributed by atoms with Gasteiger partial charge in [-0.15, -0.1) is 0 Å². The van der Waals surface area contributed by atoms with Crippen LogP contribution in [0.3, 0.4) is 0 Å². The molecule has 0 spiro atoms. The predicted molar refractivity (Wildman–Crippen MR) is 136 cm³/mol. The molecule has 1 amide bonds. The Morgan fingerprint density at radius 2 is 1.33 bits per heavy atom. The molecule has 0 atom stereocenters. The summed E-state index contributed by atoms with van der Waals surface area (Å²) in [7, 11) is 3.98. The first-order chi connectivity index (χ1) is 16.0. The van der Waals surface area contributed by atoms with Crippen molar-refractivity contribution in [2.24, 2.45) is 0 Å². The Hall–Kier alpha value is -3.76. The average Bonchev–Trinajstić information content (AvgIpc) is 2.84. The van der Waals surface area contributed by atoms with Gasteiger partial charge in [0.2, 0.25) is 0 Å². The molecule has 1 N–H and O–H groups in total. The lowest BCUT2D eigenvalue weighted by molar-refractivity contribution is 0.0951. The zero-order valence-electron chi connectivity index (χ0n) is 19.4. The Bertz CT molecular complexity index is 1210. The molecule has 4 heteroatoms. The van der Waals surface area contributed by atoms with E-state index in [0.29, 0.717) is 12.1 Å². The minimum Gasteiger partial charge on any atom is -0.351 e. The topological polar surface area (TPSA) is 45.2 Å². The molecule has 3 aromatic carbocycles. The number of rotatable bonds is 7. The number of pyridine rings is 1. The summed E-state index contributed by atoms with van der Waals surface area (Å²) in [6.07, 6.45) is 0. The number of nitrogens with zero attached hydrogens (tertiary/aromatic N) is 2. The molecular weight excluding hydrogens is 406 g/mol. The van der Waals surface area contributed by atoms with E-state index in [2.05, 4.69) is 60.8 Å². The first-order valence-corrected chi connectivity index (χ1v) is 11.2. The first-order valence-electron chi connectivity index (χ1n) is 11.2. The molecule has 4 rings (SSSR count). The van der Waals surface area contributed by atoms with E-state index in [1.54, 1.807) is 0 Å². The summed E-state index contributed by atoms with van der Waals surface area (Å²) in [4.78, 5) is 19.4. The molecule has 1 aromatic heterocycles. The minimum absolute atomic E-state index is 0.0604. The van der Waals surface area contributed by atoms with Crippen molar-refractivity contribution < 1.29 is 4.79 Å². The number of carbonyl (C=O) groups excluding carboxylic acids is 1. The number of nitrogens with one attached hydrogen (secondary N) is 1. The number of amides is 1. The molecule has 1 heterocycles. The molecule has 0 bridgehead atoms. The highest BCUT2D eigenvalue weighted by Crippen LogP contribution is 2.30. The van der Waals surface area contributed by atoms with Crippen LogP contribution in [0.4, 0.5) is 0 Å². The van der Waals surface area contributed by atoms with Crippen molar-refractivity contribution in [3.63, 3.8) is 0 Å². The number of hydrogen-bond acceptors (Lipinski definition) is 3. The third-order valence-electron chi connectivity index (χ3n) is 5.57. The Labute approximate surface area is 195 Å². The summed E-state index contributed by atoms with van der Waals surface area (Å²) < 4.78 is 0. The van der Waals surface area contributed by atoms with Crippen LogP contribution in [-0.2, 0) is 0 Å². The summed E-state index contributed by atoms with van der Waals surface area (Å²) in [5, 5.41) is 2.96. The summed E-state index contributed by atoms with van der Waals surface area (Å²) >= 11 is 0. The third kappa shape index (κ3) is 5.73. The monoisotopic (exact) mass is 435 g/mol. The number of benzene rings is 3. The fourth-order valence-corrected chi connectivity index (χ4v) is 3.64. The number of hydrogen-bond donors (Lipinski definition) is 1. The fourth-order valence-electron chi connectivity index (χ4n) is 3.64. The van der Waals surface area contributed by atoms with Crippen molar-refractivity contribution in [3.05, 3.63) is 102 Å². The molecule has 166 valence electrons. The van der Waals surface area contributed by atoms with Crippen LogP contribution in [0.25, 0.3) is 33.6 Å². The van der Waals surface area contributed by atoms with Crippen LogP contribution >= 0.6 is 0 Å². The van der Waals surface area contributed by atoms with Crippen LogP contribution in [0.1, 0.15) is 15.9 Å². The lowest BCUT2D eigenvalue weighted by Crippen LogP contribution is -2.31. The van der Waals surface area contributed by atoms with Gasteiger partial charge in [-0.3, -0.25) is 4.79 Å². The molecule has 0 aliphatic heterocycles. The van der Waals surface area contributed by atoms with Crippen LogP contribution in [0.5, 0.6) is 0 Å². The number of carbonyl (C=O) groups is 1. The normalized spacial score (nSPS) is 10.9. The van der Waals surface area contributed by atoms with Gasteiger partial charge < -0.3 is 10.2 Å². The Morgan fingerprint density at radius 3 is 1.94 bits per heavy atom. The largest absolute Gasteiger partial charge is 0.351 e. The van der Waals surface area contributed by atoms with Gasteiger partial charge in [-0.2, -0.15) is 0 Å². The molecule has 4 aromatic rings. The predicted octanol–water partition coefficient (Wildman–Crippen LogP) is 5.68. The van der Waals surface area contributed by atoms with Crippen LogP contribution in [0, 0.1) is 6.92 Å². The molecular formula is C29H29N3O. The van der Waals surface area contributed by atoms with E-state index >= 15 is 0 Å². The van der Waals surface area contributed by atoms with Crippen LogP contribution in [-0.4, -0.2) is 43.0 Å². The van der Waals surface area contributed by atoms with Crippen molar-refractivity contribution in [1.82, 2.24) is 15.2 Å². The summed E-state index contributed by atoms with van der Waals surface area (Å²) in [5.41, 5.74) is 8.00. The van der Waals surface area contributed by atoms with Gasteiger partial charge in [-0.1, -0.05) is 72.3 Å². The van der Waals surface area contributed by atoms with E-state index < -0.39 is 0 Å². The van der Waals surface area contributed by atoms with Crippen molar-refractivity contribution in [2.75, 3.05) is 27.2 Å². The molecule has 4 nitrogen and oxygen atoms in total. The van der Waals surface area contributed by atoms with E-state index in [1.807, 2.05) is 61.5 Å². The molecule has 0 saturated heterocycles. The van der Waals surface area contributed by atoms with E-state index in [0.717, 1.165) is 40.2 Å². The smallest absolute Gasteiger partial charge is 0.251 e. The molecule has 0 radical (unpaired) electrons. The quantitative estimate of drug-likeness (QED) is 0.406. The van der Waals surface area contributed by atoms with Crippen LogP contribution < -0.4 is 5.32 Å². The highest BCUT2D eigenvalue weighted by molar-refractivity contribution is 5.94. The highest BCUT2D eigenvalue weighted by Gasteiger charge is 2.10. The SMILES string of the molecule is Cc1ccc(-c2cc(-c3ccccc3)nc(-c3ccc(C(=O)NCCN(C)C)cc3)c2)cc1. The van der Waals surface area contributed by atoms with E-state index in [1.165, 1.54) is 5.56 Å². The summed E-state index contributed by atoms with van der Waals surface area (Å²) in [6.45, 7) is 3.52. The van der Waals surface area contributed by atoms with Gasteiger partial charge >= 0.3 is 0 Å². The second-order valence-corrected chi connectivity index (χ2v) is 8.49.